The van der Waals surface area contributed by atoms with Crippen LogP contribution in [0.2, 0.25) is 37.8 Å². The van der Waals surface area contributed by atoms with E-state index in [0.29, 0.717) is 0 Å². The Balaban J connectivity index is 2.25. The fourth-order valence-corrected chi connectivity index (χ4v) is 28.8. The number of benzene rings is 2. The molecule has 2 aromatic carbocycles. The molecule has 0 amide bonds. The monoisotopic (exact) mass is 448 g/mol. The second-order valence-electron chi connectivity index (χ2n) is 10.2. The molecule has 160 valence electrons. The molecule has 0 N–H and O–H groups in total. The van der Waals surface area contributed by atoms with Crippen molar-refractivity contribution in [1.82, 2.24) is 0 Å². The van der Waals surface area contributed by atoms with Gasteiger partial charge in [0.25, 0.3) is 0 Å². The Bertz CT molecular complexity index is 909. The lowest BCUT2D eigenvalue weighted by Crippen LogP contribution is -2.59. The summed E-state index contributed by atoms with van der Waals surface area (Å²) in [5, 5.41) is 6.81. The van der Waals surface area contributed by atoms with Gasteiger partial charge in [-0.05, 0) is 26.8 Å². The average Bonchev–Trinajstić information content (AvgIpc) is 2.93. The second kappa shape index (κ2) is 8.60. The van der Waals surface area contributed by atoms with E-state index in [1.54, 1.807) is 26.7 Å². The summed E-state index contributed by atoms with van der Waals surface area (Å²) in [5.74, 6) is 0. The molecule has 0 saturated heterocycles. The number of rotatable bonds is 7. The number of allylic oxidation sites excluding steroid dienone is 4. The summed E-state index contributed by atoms with van der Waals surface area (Å²) in [5.41, 5.74) is 3.39. The molecule has 1 atom stereocenters. The van der Waals surface area contributed by atoms with E-state index in [9.17, 15) is 0 Å². The van der Waals surface area contributed by atoms with Crippen LogP contribution in [0.3, 0.4) is 0 Å². The van der Waals surface area contributed by atoms with Crippen molar-refractivity contribution in [2.45, 2.75) is 72.4 Å². The second-order valence-corrected chi connectivity index (χ2v) is 30.2. The van der Waals surface area contributed by atoms with Crippen LogP contribution in [0.1, 0.15) is 34.6 Å². The van der Waals surface area contributed by atoms with Crippen molar-refractivity contribution < 1.29 is 0 Å². The van der Waals surface area contributed by atoms with Gasteiger partial charge in [0.05, 0.1) is 7.59 Å². The summed E-state index contributed by atoms with van der Waals surface area (Å²) in [4.78, 5) is 0. The molecule has 30 heavy (non-hydrogen) atoms. The first-order valence-electron chi connectivity index (χ1n) is 11.6. The van der Waals surface area contributed by atoms with Crippen molar-refractivity contribution in [3.8, 4) is 0 Å². The Morgan fingerprint density at radius 1 is 0.700 bits per heavy atom. The fraction of sp³-hybridized carbons (Fsp3) is 0.407. The van der Waals surface area contributed by atoms with Gasteiger partial charge in [0.2, 0.25) is 0 Å². The van der Waals surface area contributed by atoms with Crippen molar-refractivity contribution in [3.63, 3.8) is 0 Å². The van der Waals surface area contributed by atoms with E-state index in [2.05, 4.69) is 115 Å². The first kappa shape index (κ1) is 23.2. The lowest BCUT2D eigenvalue weighted by Gasteiger charge is -2.42. The highest BCUT2D eigenvalue weighted by Gasteiger charge is 2.52. The number of hydrogen-bond donors (Lipinski definition) is 0. The van der Waals surface area contributed by atoms with Crippen LogP contribution in [0.4, 0.5) is 0 Å². The molecule has 0 bridgehead atoms. The van der Waals surface area contributed by atoms with Crippen LogP contribution in [0.25, 0.3) is 0 Å². The van der Waals surface area contributed by atoms with Crippen LogP contribution >= 0.6 is 0 Å². The van der Waals surface area contributed by atoms with Crippen molar-refractivity contribution in [3.05, 3.63) is 82.2 Å². The van der Waals surface area contributed by atoms with Crippen LogP contribution in [-0.2, 0) is 0 Å². The quantitative estimate of drug-likeness (QED) is 0.404. The molecule has 1 unspecified atom stereocenters. The first-order valence-corrected chi connectivity index (χ1v) is 20.8. The van der Waals surface area contributed by atoms with E-state index in [1.807, 2.05) is 5.20 Å². The molecule has 0 radical (unpaired) electrons. The number of hydrogen-bond acceptors (Lipinski definition) is 0. The Kier molecular flexibility index (Phi) is 6.66. The molecule has 0 fully saturated rings. The molecule has 0 aromatic heterocycles. The standard InChI is InChI=1S/C27H40Si3/c1-9-29(25-17-13-11-14-18-25,26-19-15-12-16-20-26)21-27-22(3)23(4)30(10-2,24(27)5)28(6,7)8/h11-20H,9-10,21H2,1-8H3. The third-order valence-electron chi connectivity index (χ3n) is 8.29. The van der Waals surface area contributed by atoms with E-state index < -0.39 is 23.3 Å². The third kappa shape index (κ3) is 3.49. The van der Waals surface area contributed by atoms with Gasteiger partial charge >= 0.3 is 0 Å². The summed E-state index contributed by atoms with van der Waals surface area (Å²) in [6.07, 6.45) is 0. The molecule has 1 heterocycles. The Labute approximate surface area is 188 Å². The third-order valence-corrected chi connectivity index (χ3v) is 31.2. The molecule has 0 nitrogen and oxygen atoms in total. The predicted molar refractivity (Wildman–Crippen MR) is 144 cm³/mol. The lowest BCUT2D eigenvalue weighted by atomic mass is 10.1. The van der Waals surface area contributed by atoms with Crippen LogP contribution < -0.4 is 10.4 Å². The highest BCUT2D eigenvalue weighted by atomic mass is 29.3. The van der Waals surface area contributed by atoms with E-state index in [1.165, 1.54) is 18.1 Å². The largest absolute Gasteiger partial charge is 0.122 e. The molecule has 0 spiro atoms. The van der Waals surface area contributed by atoms with E-state index in [-0.39, 0.29) is 0 Å². The first-order chi connectivity index (χ1) is 14.2. The molecule has 3 heteroatoms. The zero-order chi connectivity index (χ0) is 22.2. The minimum Gasteiger partial charge on any atom is -0.0782 e. The van der Waals surface area contributed by atoms with Crippen molar-refractivity contribution in [2.24, 2.45) is 0 Å². The highest BCUT2D eigenvalue weighted by molar-refractivity contribution is 7.46. The maximum absolute atomic E-state index is 2.63. The Morgan fingerprint density at radius 2 is 1.17 bits per heavy atom. The van der Waals surface area contributed by atoms with Crippen molar-refractivity contribution in [1.29, 1.82) is 0 Å². The summed E-state index contributed by atoms with van der Waals surface area (Å²) in [6.45, 7) is 20.3. The summed E-state index contributed by atoms with van der Waals surface area (Å²) in [7, 11) is -4.71. The van der Waals surface area contributed by atoms with Gasteiger partial charge in [0.15, 0.2) is 0 Å². The molecule has 1 aliphatic rings. The lowest BCUT2D eigenvalue weighted by molar-refractivity contribution is 1.24. The van der Waals surface area contributed by atoms with Crippen molar-refractivity contribution in [2.75, 3.05) is 0 Å². The van der Waals surface area contributed by atoms with Gasteiger partial charge in [-0.3, -0.25) is 0 Å². The van der Waals surface area contributed by atoms with Gasteiger partial charge in [-0.25, -0.2) is 0 Å². The summed E-state index contributed by atoms with van der Waals surface area (Å²) < 4.78 is 0. The van der Waals surface area contributed by atoms with Crippen LogP contribution in [-0.4, -0.2) is 23.3 Å². The smallest absolute Gasteiger partial charge is 0.0782 e. The van der Waals surface area contributed by atoms with Gasteiger partial charge in [-0.1, -0.05) is 138 Å². The maximum atomic E-state index is 2.63. The van der Waals surface area contributed by atoms with Crippen LogP contribution in [0.15, 0.2) is 82.2 Å². The molecule has 1 aliphatic heterocycles. The zero-order valence-corrected chi connectivity index (χ0v) is 23.4. The molecule has 0 aliphatic carbocycles. The van der Waals surface area contributed by atoms with Gasteiger partial charge in [-0.2, -0.15) is 0 Å². The minimum atomic E-state index is -1.89. The minimum absolute atomic E-state index is 1.25. The predicted octanol–water partition coefficient (Wildman–Crippen LogP) is 6.90. The SMILES string of the molecule is CC[Si](CC1=C(C)[Si](CC)([Si](C)(C)C)C(C)=C1C)(c1ccccc1)c1ccccc1. The van der Waals surface area contributed by atoms with E-state index >= 15 is 0 Å². The van der Waals surface area contributed by atoms with Gasteiger partial charge in [-0.15, -0.1) is 0 Å². The van der Waals surface area contributed by atoms with Gasteiger partial charge < -0.3 is 0 Å². The van der Waals surface area contributed by atoms with Crippen LogP contribution in [0.5, 0.6) is 0 Å². The highest BCUT2D eigenvalue weighted by Crippen LogP contribution is 2.48. The van der Waals surface area contributed by atoms with Gasteiger partial charge in [0.1, 0.15) is 8.07 Å². The van der Waals surface area contributed by atoms with Crippen LogP contribution in [0, 0.1) is 0 Å². The Hall–Kier alpha value is -1.43. The Morgan fingerprint density at radius 3 is 1.50 bits per heavy atom. The normalized spacial score (nSPS) is 20.3. The molecular formula is C27H40Si3. The van der Waals surface area contributed by atoms with Gasteiger partial charge in [0, 0.05) is 7.59 Å². The van der Waals surface area contributed by atoms with E-state index in [0.717, 1.165) is 0 Å². The molecule has 0 saturated carbocycles. The zero-order valence-electron chi connectivity index (χ0n) is 20.4. The summed E-state index contributed by atoms with van der Waals surface area (Å²) in [6, 6.07) is 26.8. The molecule has 2 aromatic rings. The average molecular weight is 449 g/mol. The topological polar surface area (TPSA) is 0 Å². The molecular weight excluding hydrogens is 409 g/mol. The summed E-state index contributed by atoms with van der Waals surface area (Å²) >= 11 is 0. The maximum Gasteiger partial charge on any atom is 0.122 e. The van der Waals surface area contributed by atoms with Crippen molar-refractivity contribution >= 4 is 33.6 Å². The van der Waals surface area contributed by atoms with E-state index in [4.69, 9.17) is 0 Å². The molecule has 3 rings (SSSR count). The fourth-order valence-electron chi connectivity index (χ4n) is 6.54.